The maximum Gasteiger partial charge on any atom is 0.157 e. The molecule has 2 aromatic rings. The average molecular weight is 268 g/mol. The van der Waals surface area contributed by atoms with Crippen LogP contribution in [0.25, 0.3) is 0 Å². The first-order chi connectivity index (χ1) is 8.16. The molecule has 17 heavy (non-hydrogen) atoms. The van der Waals surface area contributed by atoms with Gasteiger partial charge in [-0.3, -0.25) is 0 Å². The molecule has 0 aromatic carbocycles. The number of aryl methyl sites for hydroxylation is 1. The van der Waals surface area contributed by atoms with E-state index in [9.17, 15) is 8.42 Å². The largest absolute Gasteiger partial charge is 0.240 e. The molecule has 0 amide bonds. The summed E-state index contributed by atoms with van der Waals surface area (Å²) in [5.74, 6) is 0.420. The lowest BCUT2D eigenvalue weighted by molar-refractivity contribution is 0.593. The molecule has 0 radical (unpaired) electrons. The molecule has 6 heteroatoms. The molecule has 0 saturated carbocycles. The van der Waals surface area contributed by atoms with Crippen LogP contribution in [0.2, 0.25) is 0 Å². The number of hydrogen-bond donors (Lipinski definition) is 0. The summed E-state index contributed by atoms with van der Waals surface area (Å²) in [6.07, 6.45) is 3.67. The van der Waals surface area contributed by atoms with Gasteiger partial charge in [-0.2, -0.15) is 0 Å². The molecule has 2 heterocycles. The molecule has 0 unspecified atom stereocenters. The Morgan fingerprint density at radius 3 is 2.59 bits per heavy atom. The smallest absolute Gasteiger partial charge is 0.157 e. The van der Waals surface area contributed by atoms with Crippen molar-refractivity contribution in [2.24, 2.45) is 0 Å². The maximum atomic E-state index is 11.8. The Balaban J connectivity index is 1.96. The molecule has 0 N–H and O–H groups in total. The summed E-state index contributed by atoms with van der Waals surface area (Å²) in [6.45, 7) is 0. The van der Waals surface area contributed by atoms with E-state index >= 15 is 0 Å². The van der Waals surface area contributed by atoms with E-state index in [4.69, 9.17) is 0 Å². The van der Waals surface area contributed by atoms with Crippen LogP contribution in [-0.4, -0.2) is 24.1 Å². The van der Waals surface area contributed by atoms with E-state index in [0.717, 1.165) is 4.88 Å². The van der Waals surface area contributed by atoms with Gasteiger partial charge in [0, 0.05) is 17.3 Å². The first-order valence-electron chi connectivity index (χ1n) is 5.14. The Bertz CT molecular complexity index is 550. The third-order valence-electron chi connectivity index (χ3n) is 2.21. The van der Waals surface area contributed by atoms with Crippen molar-refractivity contribution in [1.29, 1.82) is 0 Å². The van der Waals surface area contributed by atoms with Gasteiger partial charge in [-0.05, 0) is 23.9 Å². The van der Waals surface area contributed by atoms with Crippen molar-refractivity contribution in [1.82, 2.24) is 9.97 Å². The zero-order valence-electron chi connectivity index (χ0n) is 9.11. The second-order valence-electron chi connectivity index (χ2n) is 3.59. The minimum atomic E-state index is -3.13. The molecule has 0 saturated heterocycles. The summed E-state index contributed by atoms with van der Waals surface area (Å²) in [4.78, 5) is 8.93. The number of rotatable bonds is 5. The van der Waals surface area contributed by atoms with Gasteiger partial charge in [0.25, 0.3) is 0 Å². The zero-order valence-corrected chi connectivity index (χ0v) is 10.7. The summed E-state index contributed by atoms with van der Waals surface area (Å²) in [5, 5.41) is 1.95. The van der Waals surface area contributed by atoms with E-state index in [1.165, 1.54) is 0 Å². The van der Waals surface area contributed by atoms with Gasteiger partial charge < -0.3 is 0 Å². The molecular formula is C11H12N2O2S2. The fourth-order valence-corrected chi connectivity index (χ4v) is 3.44. The van der Waals surface area contributed by atoms with Crippen LogP contribution in [0.4, 0.5) is 0 Å². The molecular weight excluding hydrogens is 256 g/mol. The highest BCUT2D eigenvalue weighted by Crippen LogP contribution is 2.11. The first-order valence-corrected chi connectivity index (χ1v) is 7.84. The molecule has 0 aliphatic carbocycles. The molecule has 0 aliphatic heterocycles. The van der Waals surface area contributed by atoms with Crippen molar-refractivity contribution in [2.45, 2.75) is 12.2 Å². The Labute approximate surface area is 104 Å². The number of aromatic nitrogens is 2. The summed E-state index contributed by atoms with van der Waals surface area (Å²) in [5.41, 5.74) is 0. The average Bonchev–Trinajstić information content (AvgIpc) is 2.80. The van der Waals surface area contributed by atoms with Crippen LogP contribution in [0.1, 0.15) is 10.7 Å². The predicted molar refractivity (Wildman–Crippen MR) is 67.5 cm³/mol. The van der Waals surface area contributed by atoms with Gasteiger partial charge in [0.05, 0.1) is 5.75 Å². The quantitative estimate of drug-likeness (QED) is 0.828. The first kappa shape index (κ1) is 12.2. The lowest BCUT2D eigenvalue weighted by Gasteiger charge is -2.02. The standard InChI is InChI=1S/C11H12N2O2S2/c14-17(15,8-4-10-3-1-7-16-10)9-11-12-5-2-6-13-11/h1-3,5-7H,4,8-9H2. The van der Waals surface area contributed by atoms with Crippen molar-refractivity contribution in [3.8, 4) is 0 Å². The van der Waals surface area contributed by atoms with Gasteiger partial charge >= 0.3 is 0 Å². The summed E-state index contributed by atoms with van der Waals surface area (Å²) >= 11 is 1.57. The Morgan fingerprint density at radius 2 is 1.94 bits per heavy atom. The van der Waals surface area contributed by atoms with E-state index in [1.54, 1.807) is 29.8 Å². The van der Waals surface area contributed by atoms with Gasteiger partial charge in [-0.1, -0.05) is 6.07 Å². The van der Waals surface area contributed by atoms with Crippen molar-refractivity contribution < 1.29 is 8.42 Å². The van der Waals surface area contributed by atoms with Crippen molar-refractivity contribution >= 4 is 21.2 Å². The molecule has 0 atom stereocenters. The summed E-state index contributed by atoms with van der Waals surface area (Å²) < 4.78 is 23.6. The van der Waals surface area contributed by atoms with Crippen LogP contribution in [0, 0.1) is 0 Å². The molecule has 4 nitrogen and oxygen atoms in total. The monoisotopic (exact) mass is 268 g/mol. The van der Waals surface area contributed by atoms with E-state index in [1.807, 2.05) is 17.5 Å². The number of sulfone groups is 1. The lowest BCUT2D eigenvalue weighted by Crippen LogP contribution is -2.12. The highest BCUT2D eigenvalue weighted by atomic mass is 32.2. The zero-order chi connectivity index (χ0) is 12.1. The minimum absolute atomic E-state index is 0.0841. The van der Waals surface area contributed by atoms with E-state index in [-0.39, 0.29) is 11.5 Å². The summed E-state index contributed by atoms with van der Waals surface area (Å²) in [7, 11) is -3.13. The van der Waals surface area contributed by atoms with E-state index in [2.05, 4.69) is 9.97 Å². The third-order valence-corrected chi connectivity index (χ3v) is 4.67. The second kappa shape index (κ2) is 5.37. The Morgan fingerprint density at radius 1 is 1.18 bits per heavy atom. The SMILES string of the molecule is O=S(=O)(CCc1cccs1)Cc1ncccn1. The number of thiophene rings is 1. The van der Waals surface area contributed by atoms with Gasteiger partial charge in [-0.15, -0.1) is 11.3 Å². The predicted octanol–water partition coefficient (Wildman–Crippen LogP) is 1.70. The second-order valence-corrected chi connectivity index (χ2v) is 6.80. The minimum Gasteiger partial charge on any atom is -0.240 e. The molecule has 2 aromatic heterocycles. The summed E-state index contributed by atoms with van der Waals surface area (Å²) in [6, 6.07) is 5.54. The van der Waals surface area contributed by atoms with E-state index in [0.29, 0.717) is 12.2 Å². The van der Waals surface area contributed by atoms with Crippen LogP contribution in [0.5, 0.6) is 0 Å². The maximum absolute atomic E-state index is 11.8. The fourth-order valence-electron chi connectivity index (χ4n) is 1.38. The third kappa shape index (κ3) is 3.90. The highest BCUT2D eigenvalue weighted by molar-refractivity contribution is 7.90. The molecule has 0 aliphatic rings. The topological polar surface area (TPSA) is 59.9 Å². The van der Waals surface area contributed by atoms with Gasteiger partial charge in [0.15, 0.2) is 9.84 Å². The molecule has 90 valence electrons. The Hall–Kier alpha value is -1.27. The van der Waals surface area contributed by atoms with Crippen molar-refractivity contribution in [3.63, 3.8) is 0 Å². The van der Waals surface area contributed by atoms with Crippen LogP contribution in [-0.2, 0) is 22.0 Å². The van der Waals surface area contributed by atoms with Crippen LogP contribution >= 0.6 is 11.3 Å². The van der Waals surface area contributed by atoms with Gasteiger partial charge in [0.2, 0.25) is 0 Å². The van der Waals surface area contributed by atoms with Crippen LogP contribution in [0.15, 0.2) is 36.0 Å². The van der Waals surface area contributed by atoms with Gasteiger partial charge in [-0.25, -0.2) is 18.4 Å². The number of nitrogens with zero attached hydrogens (tertiary/aromatic N) is 2. The van der Waals surface area contributed by atoms with E-state index < -0.39 is 9.84 Å². The fraction of sp³-hybridized carbons (Fsp3) is 0.273. The highest BCUT2D eigenvalue weighted by Gasteiger charge is 2.14. The molecule has 2 rings (SSSR count). The van der Waals surface area contributed by atoms with Crippen molar-refractivity contribution in [2.75, 3.05) is 5.75 Å². The lowest BCUT2D eigenvalue weighted by atomic mass is 10.4. The molecule has 0 bridgehead atoms. The van der Waals surface area contributed by atoms with Gasteiger partial charge in [0.1, 0.15) is 11.6 Å². The normalized spacial score (nSPS) is 11.5. The van der Waals surface area contributed by atoms with Crippen LogP contribution < -0.4 is 0 Å². The molecule has 0 fully saturated rings. The van der Waals surface area contributed by atoms with Crippen LogP contribution in [0.3, 0.4) is 0 Å². The Kier molecular flexibility index (Phi) is 3.86. The molecule has 0 spiro atoms. The van der Waals surface area contributed by atoms with Crippen molar-refractivity contribution in [3.05, 3.63) is 46.7 Å². The number of hydrogen-bond acceptors (Lipinski definition) is 5.